The maximum absolute atomic E-state index is 7.53. The number of hydrogen-bond donors (Lipinski definition) is 2. The monoisotopic (exact) mass is 172 g/mol. The first-order valence-electron chi connectivity index (χ1n) is 4.15. The first kappa shape index (κ1) is 9.48. The zero-order valence-electron chi connectivity index (χ0n) is 7.59. The minimum absolute atomic E-state index is 0.246. The smallest absolute Gasteiger partial charge is 0.173 e. The van der Waals surface area contributed by atoms with E-state index in [0.29, 0.717) is 18.3 Å². The van der Waals surface area contributed by atoms with Gasteiger partial charge in [0.25, 0.3) is 0 Å². The average molecular weight is 172 g/mol. The van der Waals surface area contributed by atoms with Gasteiger partial charge in [-0.2, -0.15) is 0 Å². The summed E-state index contributed by atoms with van der Waals surface area (Å²) in [4.78, 5) is 0. The van der Waals surface area contributed by atoms with E-state index in [1.165, 1.54) is 0 Å². The Labute approximate surface area is 72.8 Å². The van der Waals surface area contributed by atoms with Gasteiger partial charge < -0.3 is 14.8 Å². The lowest BCUT2D eigenvalue weighted by molar-refractivity contribution is -0.0966. The molecule has 0 aliphatic heterocycles. The third-order valence-electron chi connectivity index (χ3n) is 1.97. The zero-order chi connectivity index (χ0) is 8.97. The highest BCUT2D eigenvalue weighted by atomic mass is 16.7. The van der Waals surface area contributed by atoms with Gasteiger partial charge in [-0.15, -0.1) is 0 Å². The summed E-state index contributed by atoms with van der Waals surface area (Å²) in [5.74, 6) is 1.09. The summed E-state index contributed by atoms with van der Waals surface area (Å²) in [5, 5.41) is 10.5. The van der Waals surface area contributed by atoms with Crippen molar-refractivity contribution in [2.75, 3.05) is 20.8 Å². The molecule has 12 heavy (non-hydrogen) atoms. The van der Waals surface area contributed by atoms with Gasteiger partial charge in [0.1, 0.15) is 0 Å². The Kier molecular flexibility index (Phi) is 3.49. The lowest BCUT2D eigenvalue weighted by Gasteiger charge is -2.14. The molecule has 0 aromatic rings. The van der Waals surface area contributed by atoms with Crippen LogP contribution in [-0.4, -0.2) is 32.9 Å². The summed E-state index contributed by atoms with van der Waals surface area (Å²) in [7, 11) is 3.19. The van der Waals surface area contributed by atoms with E-state index < -0.39 is 0 Å². The molecule has 2 N–H and O–H groups in total. The van der Waals surface area contributed by atoms with Crippen LogP contribution >= 0.6 is 0 Å². The van der Waals surface area contributed by atoms with Crippen LogP contribution in [0.15, 0.2) is 0 Å². The molecule has 1 saturated carbocycles. The molecule has 0 aromatic carbocycles. The van der Waals surface area contributed by atoms with Crippen LogP contribution in [0.5, 0.6) is 0 Å². The molecular formula is C8H16N2O2. The van der Waals surface area contributed by atoms with Crippen LogP contribution in [0.2, 0.25) is 0 Å². The number of rotatable bonds is 5. The highest BCUT2D eigenvalue weighted by molar-refractivity contribution is 5.83. The van der Waals surface area contributed by atoms with E-state index >= 15 is 0 Å². The number of ether oxygens (including phenoxy) is 2. The van der Waals surface area contributed by atoms with Crippen molar-refractivity contribution in [2.45, 2.75) is 19.1 Å². The summed E-state index contributed by atoms with van der Waals surface area (Å²) in [6.07, 6.45) is 2.05. The lowest BCUT2D eigenvalue weighted by Crippen LogP contribution is -2.34. The van der Waals surface area contributed by atoms with Crippen molar-refractivity contribution in [1.29, 1.82) is 5.41 Å². The van der Waals surface area contributed by atoms with Crippen LogP contribution in [0.1, 0.15) is 12.8 Å². The minimum atomic E-state index is -0.246. The van der Waals surface area contributed by atoms with E-state index in [4.69, 9.17) is 14.9 Å². The summed E-state index contributed by atoms with van der Waals surface area (Å²) in [6, 6.07) is 0. The van der Waals surface area contributed by atoms with Gasteiger partial charge in [-0.3, -0.25) is 5.41 Å². The molecule has 1 rings (SSSR count). The van der Waals surface area contributed by atoms with Gasteiger partial charge in [-0.1, -0.05) is 0 Å². The Balaban J connectivity index is 2.09. The first-order valence-corrected chi connectivity index (χ1v) is 4.15. The van der Waals surface area contributed by atoms with Crippen LogP contribution in [0.25, 0.3) is 0 Å². The number of hydrogen-bond acceptors (Lipinski definition) is 3. The van der Waals surface area contributed by atoms with Gasteiger partial charge in [0.2, 0.25) is 0 Å². The highest BCUT2D eigenvalue weighted by Crippen LogP contribution is 2.28. The predicted molar refractivity (Wildman–Crippen MR) is 46.3 cm³/mol. The molecule has 0 unspecified atom stereocenters. The van der Waals surface area contributed by atoms with E-state index in [2.05, 4.69) is 5.32 Å². The normalized spacial score (nSPS) is 16.6. The van der Waals surface area contributed by atoms with Gasteiger partial charge in [0.15, 0.2) is 6.29 Å². The topological polar surface area (TPSA) is 54.3 Å². The SMILES string of the molecule is COC(CNC(=N)C1CC1)OC. The fourth-order valence-corrected chi connectivity index (χ4v) is 0.973. The summed E-state index contributed by atoms with van der Waals surface area (Å²) in [5.41, 5.74) is 0. The molecular weight excluding hydrogens is 156 g/mol. The minimum Gasteiger partial charge on any atom is -0.369 e. The van der Waals surface area contributed by atoms with Gasteiger partial charge in [0, 0.05) is 20.1 Å². The molecule has 0 saturated heterocycles. The van der Waals surface area contributed by atoms with Gasteiger partial charge in [-0.05, 0) is 12.8 Å². The van der Waals surface area contributed by atoms with Crippen molar-refractivity contribution >= 4 is 5.84 Å². The maximum Gasteiger partial charge on any atom is 0.173 e. The van der Waals surface area contributed by atoms with E-state index in [-0.39, 0.29) is 6.29 Å². The summed E-state index contributed by atoms with van der Waals surface area (Å²) < 4.78 is 9.94. The zero-order valence-corrected chi connectivity index (χ0v) is 7.59. The van der Waals surface area contributed by atoms with Crippen LogP contribution in [-0.2, 0) is 9.47 Å². The number of nitrogens with one attached hydrogen (secondary N) is 2. The summed E-state index contributed by atoms with van der Waals surface area (Å²) >= 11 is 0. The Morgan fingerprint density at radius 2 is 2.08 bits per heavy atom. The summed E-state index contributed by atoms with van der Waals surface area (Å²) in [6.45, 7) is 0.558. The molecule has 0 bridgehead atoms. The Morgan fingerprint density at radius 3 is 2.50 bits per heavy atom. The quantitative estimate of drug-likeness (QED) is 0.362. The second kappa shape index (κ2) is 4.42. The molecule has 0 heterocycles. The van der Waals surface area contributed by atoms with Crippen LogP contribution < -0.4 is 5.32 Å². The van der Waals surface area contributed by atoms with E-state index in [1.54, 1.807) is 14.2 Å². The van der Waals surface area contributed by atoms with E-state index in [1.807, 2.05) is 0 Å². The number of methoxy groups -OCH3 is 2. The van der Waals surface area contributed by atoms with Crippen molar-refractivity contribution in [1.82, 2.24) is 5.32 Å². The standard InChI is InChI=1S/C8H16N2O2/c1-11-7(12-2)5-10-8(9)6-3-4-6/h6-7H,3-5H2,1-2H3,(H2,9,10). The Bertz CT molecular complexity index is 153. The van der Waals surface area contributed by atoms with Crippen LogP contribution in [0.3, 0.4) is 0 Å². The van der Waals surface area contributed by atoms with Crippen LogP contribution in [0, 0.1) is 11.3 Å². The third-order valence-corrected chi connectivity index (χ3v) is 1.97. The van der Waals surface area contributed by atoms with Crippen LogP contribution in [0.4, 0.5) is 0 Å². The molecule has 1 fully saturated rings. The molecule has 0 radical (unpaired) electrons. The van der Waals surface area contributed by atoms with Crippen molar-refractivity contribution in [2.24, 2.45) is 5.92 Å². The molecule has 1 aliphatic rings. The van der Waals surface area contributed by atoms with Crippen molar-refractivity contribution in [3.05, 3.63) is 0 Å². The third kappa shape index (κ3) is 2.79. The molecule has 4 heteroatoms. The van der Waals surface area contributed by atoms with Gasteiger partial charge in [0.05, 0.1) is 12.4 Å². The predicted octanol–water partition coefficient (Wildman–Crippen LogP) is 0.582. The molecule has 1 aliphatic carbocycles. The van der Waals surface area contributed by atoms with Crippen molar-refractivity contribution in [3.8, 4) is 0 Å². The average Bonchev–Trinajstić information content (AvgIpc) is 2.88. The fourth-order valence-electron chi connectivity index (χ4n) is 0.973. The van der Waals surface area contributed by atoms with Gasteiger partial charge >= 0.3 is 0 Å². The molecule has 0 amide bonds. The Hall–Kier alpha value is -0.610. The number of amidine groups is 1. The Morgan fingerprint density at radius 1 is 1.50 bits per heavy atom. The van der Waals surface area contributed by atoms with Crippen molar-refractivity contribution in [3.63, 3.8) is 0 Å². The molecule has 0 spiro atoms. The van der Waals surface area contributed by atoms with Crippen molar-refractivity contribution < 1.29 is 9.47 Å². The lowest BCUT2D eigenvalue weighted by atomic mass is 10.4. The fraction of sp³-hybridized carbons (Fsp3) is 0.875. The molecule has 0 atom stereocenters. The van der Waals surface area contributed by atoms with Gasteiger partial charge in [-0.25, -0.2) is 0 Å². The maximum atomic E-state index is 7.53. The van der Waals surface area contributed by atoms with E-state index in [9.17, 15) is 0 Å². The molecule has 70 valence electrons. The second-order valence-electron chi connectivity index (χ2n) is 2.97. The first-order chi connectivity index (χ1) is 5.77. The highest BCUT2D eigenvalue weighted by Gasteiger charge is 2.26. The molecule has 0 aromatic heterocycles. The molecule has 4 nitrogen and oxygen atoms in total. The second-order valence-corrected chi connectivity index (χ2v) is 2.97. The largest absolute Gasteiger partial charge is 0.369 e. The van der Waals surface area contributed by atoms with E-state index in [0.717, 1.165) is 12.8 Å².